The van der Waals surface area contributed by atoms with Crippen molar-refractivity contribution >= 4 is 28.7 Å². The van der Waals surface area contributed by atoms with Crippen molar-refractivity contribution in [1.29, 1.82) is 0 Å². The molecular weight excluding hydrogens is 413 g/mol. The van der Waals surface area contributed by atoms with E-state index >= 15 is 0 Å². The molecule has 2 aliphatic rings. The highest BCUT2D eigenvalue weighted by molar-refractivity contribution is 7.12. The highest BCUT2D eigenvalue weighted by Gasteiger charge is 2.36. The smallest absolute Gasteiger partial charge is 0.254 e. The van der Waals surface area contributed by atoms with E-state index < -0.39 is 0 Å². The van der Waals surface area contributed by atoms with Crippen molar-refractivity contribution < 1.29 is 9.18 Å². The maximum atomic E-state index is 13.7. The molecule has 1 N–H and O–H groups in total. The summed E-state index contributed by atoms with van der Waals surface area (Å²) in [6, 6.07) is 12.4. The summed E-state index contributed by atoms with van der Waals surface area (Å²) < 4.78 is 15.1. The number of piperazine rings is 1. The number of rotatable bonds is 3. The molecule has 1 atom stereocenters. The Kier molecular flexibility index (Phi) is 5.02. The number of benzene rings is 1. The van der Waals surface area contributed by atoms with Crippen LogP contribution in [0.25, 0.3) is 0 Å². The molecule has 0 aliphatic carbocycles. The minimum atomic E-state index is -0.238. The average molecular weight is 438 g/mol. The molecule has 6 nitrogen and oxygen atoms in total. The number of nitrogens with one attached hydrogen (secondary N) is 1. The summed E-state index contributed by atoms with van der Waals surface area (Å²) in [4.78, 5) is 20.1. The van der Waals surface area contributed by atoms with Gasteiger partial charge in [0.1, 0.15) is 17.7 Å². The van der Waals surface area contributed by atoms with E-state index in [1.807, 2.05) is 22.6 Å². The summed E-state index contributed by atoms with van der Waals surface area (Å²) in [5.74, 6) is 0.699. The third kappa shape index (κ3) is 3.61. The van der Waals surface area contributed by atoms with Gasteiger partial charge in [0.15, 0.2) is 0 Å². The molecule has 1 amide bonds. The summed E-state index contributed by atoms with van der Waals surface area (Å²) in [7, 11) is 0. The lowest BCUT2D eigenvalue weighted by atomic mass is 9.99. The van der Waals surface area contributed by atoms with Crippen LogP contribution in [0.2, 0.25) is 0 Å². The van der Waals surface area contributed by atoms with Crippen LogP contribution in [0.1, 0.15) is 22.7 Å². The summed E-state index contributed by atoms with van der Waals surface area (Å²) in [5.41, 5.74) is 2.60. The van der Waals surface area contributed by atoms with Crippen LogP contribution in [0.4, 0.5) is 15.9 Å². The average Bonchev–Trinajstić information content (AvgIpc) is 3.41. The number of allylic oxidation sites excluding steroid dienone is 1. The number of anilines is 2. The number of carbonyl (C=O) groups is 1. The number of aromatic nitrogens is 2. The molecule has 1 unspecified atom stereocenters. The zero-order chi connectivity index (χ0) is 21.5. The number of hydrogen-bond acceptors (Lipinski definition) is 5. The number of halogens is 1. The third-order valence-electron chi connectivity index (χ3n) is 5.93. The molecule has 8 heteroatoms. The first kappa shape index (κ1) is 19.8. The Morgan fingerprint density at radius 2 is 1.81 bits per heavy atom. The first-order valence-electron chi connectivity index (χ1n) is 10.4. The van der Waals surface area contributed by atoms with Crippen LogP contribution in [-0.4, -0.2) is 46.8 Å². The van der Waals surface area contributed by atoms with Gasteiger partial charge in [-0.05, 0) is 50.2 Å². The fraction of sp³-hybridized carbons (Fsp3) is 0.304. The van der Waals surface area contributed by atoms with Crippen molar-refractivity contribution in [2.45, 2.75) is 19.9 Å². The predicted octanol–water partition coefficient (Wildman–Crippen LogP) is 4.03. The van der Waals surface area contributed by atoms with Crippen molar-refractivity contribution in [1.82, 2.24) is 14.7 Å². The fourth-order valence-electron chi connectivity index (χ4n) is 4.34. The summed E-state index contributed by atoms with van der Waals surface area (Å²) in [6.45, 7) is 6.71. The Hall–Kier alpha value is -3.13. The van der Waals surface area contributed by atoms with Crippen LogP contribution >= 0.6 is 11.3 Å². The van der Waals surface area contributed by atoms with Gasteiger partial charge in [-0.1, -0.05) is 0 Å². The molecule has 31 heavy (non-hydrogen) atoms. The van der Waals surface area contributed by atoms with Gasteiger partial charge >= 0.3 is 0 Å². The van der Waals surface area contributed by atoms with E-state index in [0.29, 0.717) is 26.2 Å². The van der Waals surface area contributed by atoms with Crippen LogP contribution < -0.4 is 10.2 Å². The minimum Gasteiger partial charge on any atom is -0.368 e. The Morgan fingerprint density at radius 3 is 2.48 bits per heavy atom. The molecule has 4 heterocycles. The Labute approximate surface area is 184 Å². The number of carbonyl (C=O) groups excluding carboxylic acids is 1. The Bertz CT molecular complexity index is 1140. The number of thiophene rings is 1. The zero-order valence-electron chi connectivity index (χ0n) is 17.5. The summed E-state index contributed by atoms with van der Waals surface area (Å²) >= 11 is 1.70. The molecule has 1 saturated heterocycles. The summed E-state index contributed by atoms with van der Waals surface area (Å²) in [5, 5.41) is 7.86. The number of hydrogen-bond donors (Lipinski definition) is 1. The van der Waals surface area contributed by atoms with E-state index in [0.717, 1.165) is 27.7 Å². The Morgan fingerprint density at radius 1 is 1.06 bits per heavy atom. The highest BCUT2D eigenvalue weighted by atomic mass is 32.1. The van der Waals surface area contributed by atoms with E-state index in [9.17, 15) is 9.18 Å². The lowest BCUT2D eigenvalue weighted by molar-refractivity contribution is -0.127. The van der Waals surface area contributed by atoms with E-state index in [4.69, 9.17) is 0 Å². The van der Waals surface area contributed by atoms with Gasteiger partial charge in [-0.2, -0.15) is 5.10 Å². The molecule has 160 valence electrons. The third-order valence-corrected chi connectivity index (χ3v) is 6.98. The second kappa shape index (κ2) is 7.85. The second-order valence-electron chi connectivity index (χ2n) is 7.93. The highest BCUT2D eigenvalue weighted by Crippen LogP contribution is 2.39. The van der Waals surface area contributed by atoms with E-state index in [-0.39, 0.29) is 17.8 Å². The van der Waals surface area contributed by atoms with E-state index in [1.165, 1.54) is 17.0 Å². The zero-order valence-corrected chi connectivity index (χ0v) is 18.3. The largest absolute Gasteiger partial charge is 0.368 e. The number of fused-ring (bicyclic) bond motifs is 1. The van der Waals surface area contributed by atoms with Gasteiger partial charge in [-0.25, -0.2) is 9.07 Å². The molecule has 2 aliphatic heterocycles. The predicted molar refractivity (Wildman–Crippen MR) is 121 cm³/mol. The maximum absolute atomic E-state index is 13.7. The van der Waals surface area contributed by atoms with Crippen LogP contribution in [0, 0.1) is 12.7 Å². The second-order valence-corrected chi connectivity index (χ2v) is 9.25. The first-order valence-corrected chi connectivity index (χ1v) is 11.2. The topological polar surface area (TPSA) is 53.4 Å². The standard InChI is InChI=1S/C23H24FN5OS/c1-15-3-8-19(31-15)22-21(16(2)26-20-9-10-25-29(20)22)23(30)28-13-11-27(12-14-28)18-6-4-17(24)5-7-18/h3-10,22,26H,11-14H2,1-2H3. The molecule has 2 aromatic heterocycles. The fourth-order valence-corrected chi connectivity index (χ4v) is 5.31. The molecule has 1 fully saturated rings. The van der Waals surface area contributed by atoms with Crippen molar-refractivity contribution in [3.05, 3.63) is 75.5 Å². The number of nitrogens with zero attached hydrogens (tertiary/aromatic N) is 4. The lowest BCUT2D eigenvalue weighted by Crippen LogP contribution is -2.50. The van der Waals surface area contributed by atoms with Crippen molar-refractivity contribution in [2.75, 3.05) is 36.4 Å². The lowest BCUT2D eigenvalue weighted by Gasteiger charge is -2.38. The summed E-state index contributed by atoms with van der Waals surface area (Å²) in [6.07, 6.45) is 1.76. The van der Waals surface area contributed by atoms with Crippen molar-refractivity contribution in [3.8, 4) is 0 Å². The van der Waals surface area contributed by atoms with Gasteiger partial charge in [-0.15, -0.1) is 11.3 Å². The van der Waals surface area contributed by atoms with Crippen LogP contribution in [0.3, 0.4) is 0 Å². The van der Waals surface area contributed by atoms with Crippen LogP contribution in [-0.2, 0) is 4.79 Å². The monoisotopic (exact) mass is 437 g/mol. The molecule has 0 spiro atoms. The van der Waals surface area contributed by atoms with Gasteiger partial charge in [0.25, 0.3) is 5.91 Å². The van der Waals surface area contributed by atoms with Crippen LogP contribution in [0.5, 0.6) is 0 Å². The Balaban J connectivity index is 1.39. The minimum absolute atomic E-state index is 0.0426. The molecule has 0 saturated carbocycles. The van der Waals surface area contributed by atoms with Gasteiger partial charge in [0.05, 0.1) is 11.8 Å². The molecule has 5 rings (SSSR count). The van der Waals surface area contributed by atoms with Gasteiger partial charge in [0, 0.05) is 53.4 Å². The van der Waals surface area contributed by atoms with Crippen molar-refractivity contribution in [2.24, 2.45) is 0 Å². The molecule has 0 bridgehead atoms. The van der Waals surface area contributed by atoms with Crippen LogP contribution in [0.15, 0.2) is 59.9 Å². The van der Waals surface area contributed by atoms with E-state index in [1.54, 1.807) is 29.7 Å². The quantitative estimate of drug-likeness (QED) is 0.672. The first-order chi connectivity index (χ1) is 15.0. The number of amides is 1. The molecule has 1 aromatic carbocycles. The maximum Gasteiger partial charge on any atom is 0.254 e. The molecule has 3 aromatic rings. The van der Waals surface area contributed by atoms with Gasteiger partial charge in [-0.3, -0.25) is 4.79 Å². The van der Waals surface area contributed by atoms with Crippen molar-refractivity contribution in [3.63, 3.8) is 0 Å². The number of aryl methyl sites for hydroxylation is 1. The molecule has 0 radical (unpaired) electrons. The normalized spacial score (nSPS) is 18.7. The van der Waals surface area contributed by atoms with E-state index in [2.05, 4.69) is 34.4 Å². The molecular formula is C23H24FN5OS. The van der Waals surface area contributed by atoms with Gasteiger partial charge in [0.2, 0.25) is 0 Å². The van der Waals surface area contributed by atoms with Gasteiger partial charge < -0.3 is 15.1 Å². The SMILES string of the molecule is CC1=C(C(=O)N2CCN(c3ccc(F)cc3)CC2)C(c2ccc(C)s2)n2nccc2N1.